The molecule has 2 aliphatic heterocycles. The lowest BCUT2D eigenvalue weighted by Crippen LogP contribution is -2.52. The Kier molecular flexibility index (Phi) is 5.80. The molecule has 5 amide bonds. The largest absolute Gasteiger partial charge is 0.497 e. The van der Waals surface area contributed by atoms with Crippen molar-refractivity contribution >= 4 is 34.9 Å². The van der Waals surface area contributed by atoms with E-state index in [1.807, 2.05) is 0 Å². The van der Waals surface area contributed by atoms with Gasteiger partial charge in [-0.3, -0.25) is 24.7 Å². The van der Waals surface area contributed by atoms with E-state index in [2.05, 4.69) is 20.9 Å². The second kappa shape index (κ2) is 8.96. The van der Waals surface area contributed by atoms with Crippen molar-refractivity contribution in [2.75, 3.05) is 33.9 Å². The Morgan fingerprint density at radius 1 is 1.22 bits per heavy atom. The Hall–Kier alpha value is -4.45. The van der Waals surface area contributed by atoms with Crippen LogP contribution >= 0.6 is 0 Å². The molecule has 1 unspecified atom stereocenters. The molecule has 2 aromatic heterocycles. The van der Waals surface area contributed by atoms with Crippen molar-refractivity contribution in [3.63, 3.8) is 0 Å². The van der Waals surface area contributed by atoms with Gasteiger partial charge < -0.3 is 29.4 Å². The van der Waals surface area contributed by atoms with Crippen LogP contribution in [-0.2, 0) is 21.6 Å². The van der Waals surface area contributed by atoms with Crippen molar-refractivity contribution in [1.29, 1.82) is 0 Å². The normalized spacial score (nSPS) is 18.8. The van der Waals surface area contributed by atoms with E-state index in [9.17, 15) is 19.2 Å². The van der Waals surface area contributed by atoms with Crippen molar-refractivity contribution < 1.29 is 33.1 Å². The molecule has 5 rings (SSSR count). The first-order valence-corrected chi connectivity index (χ1v) is 11.1. The molecule has 2 aliphatic rings. The van der Waals surface area contributed by atoms with E-state index in [0.717, 1.165) is 5.56 Å². The lowest BCUT2D eigenvalue weighted by Gasteiger charge is -2.28. The fourth-order valence-corrected chi connectivity index (χ4v) is 4.36. The van der Waals surface area contributed by atoms with Crippen LogP contribution in [0.4, 0.5) is 4.79 Å². The molecule has 1 atom stereocenters. The van der Waals surface area contributed by atoms with Crippen LogP contribution in [0.2, 0.25) is 0 Å². The van der Waals surface area contributed by atoms with Gasteiger partial charge in [-0.1, -0.05) is 6.07 Å². The van der Waals surface area contributed by atoms with Crippen molar-refractivity contribution in [3.8, 4) is 5.75 Å². The number of aromatic nitrogens is 1. The van der Waals surface area contributed by atoms with Gasteiger partial charge in [0.25, 0.3) is 17.7 Å². The molecule has 36 heavy (non-hydrogen) atoms. The van der Waals surface area contributed by atoms with E-state index in [0.29, 0.717) is 30.0 Å². The monoisotopic (exact) mass is 493 g/mol. The number of carbonyl (C=O) groups is 4. The van der Waals surface area contributed by atoms with Gasteiger partial charge in [0.05, 0.1) is 25.8 Å². The number of methoxy groups -OCH3 is 2. The second-order valence-corrected chi connectivity index (χ2v) is 8.46. The van der Waals surface area contributed by atoms with Gasteiger partial charge in [0.2, 0.25) is 0 Å². The number of pyridine rings is 1. The van der Waals surface area contributed by atoms with Crippen LogP contribution in [0.15, 0.2) is 40.9 Å². The van der Waals surface area contributed by atoms with E-state index in [1.165, 1.54) is 37.4 Å². The van der Waals surface area contributed by atoms with Gasteiger partial charge in [-0.2, -0.15) is 0 Å². The Labute approximate surface area is 204 Å². The lowest BCUT2D eigenvalue weighted by molar-refractivity contribution is -0.125. The summed E-state index contributed by atoms with van der Waals surface area (Å²) in [5, 5.41) is 7.56. The molecular weight excluding hydrogens is 470 g/mol. The molecule has 0 radical (unpaired) electrons. The van der Waals surface area contributed by atoms with Crippen molar-refractivity contribution in [2.24, 2.45) is 0 Å². The summed E-state index contributed by atoms with van der Waals surface area (Å²) in [4.78, 5) is 56.5. The number of nitrogens with one attached hydrogen (secondary N) is 3. The third-order valence-electron chi connectivity index (χ3n) is 6.21. The van der Waals surface area contributed by atoms with Gasteiger partial charge in [0.1, 0.15) is 17.0 Å². The summed E-state index contributed by atoms with van der Waals surface area (Å²) in [5.41, 5.74) is 0.444. The van der Waals surface area contributed by atoms with Gasteiger partial charge in [-0.15, -0.1) is 0 Å². The summed E-state index contributed by atoms with van der Waals surface area (Å²) < 4.78 is 16.1. The first kappa shape index (κ1) is 23.3. The summed E-state index contributed by atoms with van der Waals surface area (Å²) in [6.45, 7) is 0.748. The van der Waals surface area contributed by atoms with Crippen molar-refractivity contribution in [3.05, 3.63) is 59.0 Å². The number of amides is 5. The standard InChI is InChI=1S/C24H23N5O7/c1-34-6-5-25-20(30)14-7-18-17(26-10-14)9-19(36-18)24(22(32)27-23(33)28-24)12-29-11-13-3-4-15(35-2)8-16(13)21(29)31/h3-4,7-10H,5-6,11-12H2,1-2H3,(H,25,30)(H2,27,28,32,33). The maximum atomic E-state index is 13.1. The molecular formula is C24H23N5O7. The van der Waals surface area contributed by atoms with Gasteiger partial charge in [-0.25, -0.2) is 4.79 Å². The van der Waals surface area contributed by atoms with Crippen LogP contribution in [0.3, 0.4) is 0 Å². The Balaban J connectivity index is 1.46. The first-order chi connectivity index (χ1) is 17.3. The number of fused-ring (bicyclic) bond motifs is 2. The van der Waals surface area contributed by atoms with Gasteiger partial charge in [0, 0.05) is 38.0 Å². The number of furan rings is 1. The van der Waals surface area contributed by atoms with Crippen LogP contribution in [0, 0.1) is 0 Å². The number of carbonyl (C=O) groups excluding carboxylic acids is 4. The Bertz CT molecular complexity index is 1400. The van der Waals surface area contributed by atoms with E-state index in [-0.39, 0.29) is 41.8 Å². The molecule has 12 heteroatoms. The number of imide groups is 1. The molecule has 3 N–H and O–H groups in total. The number of hydrogen-bond acceptors (Lipinski definition) is 8. The minimum atomic E-state index is -1.68. The number of nitrogens with zero attached hydrogens (tertiary/aromatic N) is 2. The minimum absolute atomic E-state index is 0.0895. The highest BCUT2D eigenvalue weighted by molar-refractivity contribution is 6.08. The van der Waals surface area contributed by atoms with Crippen molar-refractivity contribution in [1.82, 2.24) is 25.8 Å². The molecule has 3 aromatic rings. The molecule has 4 heterocycles. The smallest absolute Gasteiger partial charge is 0.322 e. The van der Waals surface area contributed by atoms with E-state index in [4.69, 9.17) is 13.9 Å². The van der Waals surface area contributed by atoms with Gasteiger partial charge in [0.15, 0.2) is 11.1 Å². The molecule has 1 fully saturated rings. The average molecular weight is 493 g/mol. The summed E-state index contributed by atoms with van der Waals surface area (Å²) in [6, 6.07) is 7.49. The molecule has 1 aromatic carbocycles. The number of benzene rings is 1. The zero-order valence-electron chi connectivity index (χ0n) is 19.5. The maximum absolute atomic E-state index is 13.1. The molecule has 0 aliphatic carbocycles. The van der Waals surface area contributed by atoms with Crippen LogP contribution in [-0.4, -0.2) is 67.6 Å². The van der Waals surface area contributed by atoms with Crippen LogP contribution in [0.1, 0.15) is 32.0 Å². The Morgan fingerprint density at radius 3 is 2.78 bits per heavy atom. The molecule has 1 saturated heterocycles. The zero-order chi connectivity index (χ0) is 25.4. The van der Waals surface area contributed by atoms with Gasteiger partial charge >= 0.3 is 6.03 Å². The van der Waals surface area contributed by atoms with Crippen molar-refractivity contribution in [2.45, 2.75) is 12.1 Å². The molecule has 0 saturated carbocycles. The van der Waals surface area contributed by atoms with Crippen LogP contribution < -0.4 is 20.7 Å². The molecule has 0 spiro atoms. The minimum Gasteiger partial charge on any atom is -0.497 e. The van der Waals surface area contributed by atoms with Crippen LogP contribution in [0.5, 0.6) is 5.75 Å². The third kappa shape index (κ3) is 3.90. The number of urea groups is 1. The third-order valence-corrected chi connectivity index (χ3v) is 6.21. The molecule has 0 bridgehead atoms. The predicted octanol–water partition coefficient (Wildman–Crippen LogP) is 0.903. The molecule has 186 valence electrons. The fourth-order valence-electron chi connectivity index (χ4n) is 4.36. The van der Waals surface area contributed by atoms with E-state index >= 15 is 0 Å². The highest BCUT2D eigenvalue weighted by atomic mass is 16.5. The highest BCUT2D eigenvalue weighted by Gasteiger charge is 2.53. The number of rotatable bonds is 8. The Morgan fingerprint density at radius 2 is 2.06 bits per heavy atom. The van der Waals surface area contributed by atoms with Crippen LogP contribution in [0.25, 0.3) is 11.1 Å². The fraction of sp³-hybridized carbons (Fsp3) is 0.292. The summed E-state index contributed by atoms with van der Waals surface area (Å²) in [5.74, 6) is -0.702. The van der Waals surface area contributed by atoms with Gasteiger partial charge in [-0.05, 0) is 23.8 Å². The SMILES string of the molecule is COCCNC(=O)c1cnc2cc(C3(CN4Cc5ccc(OC)cc5C4=O)NC(=O)NC3=O)oc2c1. The maximum Gasteiger partial charge on any atom is 0.322 e. The zero-order valence-corrected chi connectivity index (χ0v) is 19.5. The predicted molar refractivity (Wildman–Crippen MR) is 124 cm³/mol. The molecule has 12 nitrogen and oxygen atoms in total. The topological polar surface area (TPSA) is 152 Å². The number of ether oxygens (including phenoxy) is 2. The quantitative estimate of drug-likeness (QED) is 0.309. The van der Waals surface area contributed by atoms with E-state index < -0.39 is 17.5 Å². The summed E-state index contributed by atoms with van der Waals surface area (Å²) in [7, 11) is 3.04. The summed E-state index contributed by atoms with van der Waals surface area (Å²) >= 11 is 0. The summed E-state index contributed by atoms with van der Waals surface area (Å²) in [6.07, 6.45) is 1.39. The lowest BCUT2D eigenvalue weighted by atomic mass is 9.95. The van der Waals surface area contributed by atoms with E-state index in [1.54, 1.807) is 18.2 Å². The highest BCUT2D eigenvalue weighted by Crippen LogP contribution is 2.34. The first-order valence-electron chi connectivity index (χ1n) is 11.1. The average Bonchev–Trinajstić information content (AvgIpc) is 3.52. The second-order valence-electron chi connectivity index (χ2n) is 8.46. The number of hydrogen-bond donors (Lipinski definition) is 3.